The summed E-state index contributed by atoms with van der Waals surface area (Å²) < 4.78 is 0. The summed E-state index contributed by atoms with van der Waals surface area (Å²) in [6, 6.07) is 0.702. The first-order valence-electron chi connectivity index (χ1n) is 7.32. The van der Waals surface area contributed by atoms with Gasteiger partial charge in [-0.15, -0.1) is 0 Å². The van der Waals surface area contributed by atoms with Crippen molar-refractivity contribution in [2.24, 2.45) is 5.73 Å². The van der Waals surface area contributed by atoms with Gasteiger partial charge in [-0.3, -0.25) is 4.79 Å². The van der Waals surface area contributed by atoms with Crippen LogP contribution in [-0.4, -0.2) is 42.0 Å². The number of primary amides is 1. The molecule has 1 rings (SSSR count). The summed E-state index contributed by atoms with van der Waals surface area (Å²) in [5, 5.41) is 3.30. The van der Waals surface area contributed by atoms with Crippen LogP contribution in [-0.2, 0) is 4.79 Å². The summed E-state index contributed by atoms with van der Waals surface area (Å²) >= 11 is 0. The van der Waals surface area contributed by atoms with Gasteiger partial charge in [0.2, 0.25) is 5.91 Å². The lowest BCUT2D eigenvalue weighted by Crippen LogP contribution is -2.55. The first kappa shape index (κ1) is 15.4. The number of nitrogens with two attached hydrogens (primary N) is 1. The van der Waals surface area contributed by atoms with Crippen LogP contribution in [0.2, 0.25) is 0 Å². The van der Waals surface area contributed by atoms with E-state index in [1.807, 2.05) is 6.92 Å². The third-order valence-corrected chi connectivity index (χ3v) is 4.18. The highest BCUT2D eigenvalue weighted by atomic mass is 16.1. The minimum Gasteiger partial charge on any atom is -0.368 e. The molecule has 1 aliphatic heterocycles. The molecule has 0 aliphatic carbocycles. The van der Waals surface area contributed by atoms with Gasteiger partial charge in [0.1, 0.15) is 0 Å². The maximum atomic E-state index is 11.6. The molecular formula is C14H29N3O. The molecule has 18 heavy (non-hydrogen) atoms. The van der Waals surface area contributed by atoms with Gasteiger partial charge in [-0.25, -0.2) is 0 Å². The normalized spacial score (nSPS) is 24.1. The van der Waals surface area contributed by atoms with E-state index in [2.05, 4.69) is 24.1 Å². The molecule has 1 saturated heterocycles. The highest BCUT2D eigenvalue weighted by Gasteiger charge is 2.32. The maximum Gasteiger partial charge on any atom is 0.237 e. The SMILES string of the molecule is CCCNC(C)(CCN1CCCC1CC)C(N)=O. The van der Waals surface area contributed by atoms with Crippen molar-refractivity contribution in [3.05, 3.63) is 0 Å². The second kappa shape index (κ2) is 7.10. The molecule has 0 aromatic carbocycles. The van der Waals surface area contributed by atoms with Crippen LogP contribution in [0, 0.1) is 0 Å². The van der Waals surface area contributed by atoms with Crippen LogP contribution in [0.5, 0.6) is 0 Å². The zero-order valence-electron chi connectivity index (χ0n) is 12.2. The molecule has 1 heterocycles. The Morgan fingerprint density at radius 3 is 2.78 bits per heavy atom. The molecule has 2 atom stereocenters. The summed E-state index contributed by atoms with van der Waals surface area (Å²) in [5.41, 5.74) is 4.99. The lowest BCUT2D eigenvalue weighted by atomic mass is 9.96. The van der Waals surface area contributed by atoms with Crippen molar-refractivity contribution in [3.63, 3.8) is 0 Å². The van der Waals surface area contributed by atoms with E-state index in [1.165, 1.54) is 25.8 Å². The first-order chi connectivity index (χ1) is 8.53. The lowest BCUT2D eigenvalue weighted by Gasteiger charge is -2.31. The van der Waals surface area contributed by atoms with E-state index < -0.39 is 5.54 Å². The number of hydrogen-bond donors (Lipinski definition) is 2. The number of rotatable bonds is 8. The van der Waals surface area contributed by atoms with Crippen LogP contribution in [0.4, 0.5) is 0 Å². The van der Waals surface area contributed by atoms with Crippen molar-refractivity contribution in [1.82, 2.24) is 10.2 Å². The van der Waals surface area contributed by atoms with Crippen molar-refractivity contribution in [2.45, 2.75) is 64.5 Å². The summed E-state index contributed by atoms with van der Waals surface area (Å²) in [4.78, 5) is 14.1. The van der Waals surface area contributed by atoms with Gasteiger partial charge < -0.3 is 16.0 Å². The number of likely N-dealkylation sites (tertiary alicyclic amines) is 1. The van der Waals surface area contributed by atoms with Crippen LogP contribution in [0.15, 0.2) is 0 Å². The van der Waals surface area contributed by atoms with E-state index in [0.717, 1.165) is 25.9 Å². The average molecular weight is 255 g/mol. The topological polar surface area (TPSA) is 58.4 Å². The summed E-state index contributed by atoms with van der Waals surface area (Å²) in [6.45, 7) is 9.25. The number of carbonyl (C=O) groups excluding carboxylic acids is 1. The molecule has 2 unspecified atom stereocenters. The van der Waals surface area contributed by atoms with Gasteiger partial charge in [0.15, 0.2) is 0 Å². The predicted molar refractivity (Wildman–Crippen MR) is 75.4 cm³/mol. The molecule has 0 radical (unpaired) electrons. The quantitative estimate of drug-likeness (QED) is 0.691. The van der Waals surface area contributed by atoms with Gasteiger partial charge >= 0.3 is 0 Å². The fourth-order valence-corrected chi connectivity index (χ4v) is 2.72. The average Bonchev–Trinajstić information content (AvgIpc) is 2.81. The van der Waals surface area contributed by atoms with Gasteiger partial charge in [0.25, 0.3) is 0 Å². The Labute approximate surface area is 111 Å². The Hall–Kier alpha value is -0.610. The summed E-state index contributed by atoms with van der Waals surface area (Å²) in [6.07, 6.45) is 5.61. The van der Waals surface area contributed by atoms with E-state index in [1.54, 1.807) is 0 Å². The molecule has 0 saturated carbocycles. The number of hydrogen-bond acceptors (Lipinski definition) is 3. The second-order valence-electron chi connectivity index (χ2n) is 5.61. The molecule has 0 aromatic heterocycles. The smallest absolute Gasteiger partial charge is 0.237 e. The van der Waals surface area contributed by atoms with E-state index in [-0.39, 0.29) is 5.91 Å². The van der Waals surface area contributed by atoms with Gasteiger partial charge in [0.05, 0.1) is 5.54 Å². The monoisotopic (exact) mass is 255 g/mol. The van der Waals surface area contributed by atoms with Gasteiger partial charge in [-0.1, -0.05) is 13.8 Å². The fraction of sp³-hybridized carbons (Fsp3) is 0.929. The largest absolute Gasteiger partial charge is 0.368 e. The van der Waals surface area contributed by atoms with E-state index >= 15 is 0 Å². The van der Waals surface area contributed by atoms with Gasteiger partial charge in [0, 0.05) is 12.6 Å². The van der Waals surface area contributed by atoms with E-state index in [0.29, 0.717) is 6.04 Å². The van der Waals surface area contributed by atoms with Crippen molar-refractivity contribution in [1.29, 1.82) is 0 Å². The highest BCUT2D eigenvalue weighted by Crippen LogP contribution is 2.21. The number of nitrogens with one attached hydrogen (secondary N) is 1. The molecule has 0 bridgehead atoms. The van der Waals surface area contributed by atoms with E-state index in [4.69, 9.17) is 5.73 Å². The number of amides is 1. The molecule has 1 fully saturated rings. The van der Waals surface area contributed by atoms with Crippen LogP contribution in [0.25, 0.3) is 0 Å². The molecule has 106 valence electrons. The molecular weight excluding hydrogens is 226 g/mol. The number of carbonyl (C=O) groups is 1. The van der Waals surface area contributed by atoms with E-state index in [9.17, 15) is 4.79 Å². The van der Waals surface area contributed by atoms with Crippen LogP contribution in [0.3, 0.4) is 0 Å². The highest BCUT2D eigenvalue weighted by molar-refractivity contribution is 5.84. The molecule has 4 heteroatoms. The molecule has 0 aromatic rings. The van der Waals surface area contributed by atoms with Crippen molar-refractivity contribution < 1.29 is 4.79 Å². The van der Waals surface area contributed by atoms with Gasteiger partial charge in [-0.2, -0.15) is 0 Å². The zero-order chi connectivity index (χ0) is 13.6. The number of nitrogens with zero attached hydrogens (tertiary/aromatic N) is 1. The van der Waals surface area contributed by atoms with Crippen LogP contribution >= 0.6 is 0 Å². The summed E-state index contributed by atoms with van der Waals surface area (Å²) in [7, 11) is 0. The van der Waals surface area contributed by atoms with Crippen LogP contribution in [0.1, 0.15) is 52.9 Å². The standard InChI is InChI=1S/C14H29N3O/c1-4-9-16-14(3,13(15)18)8-11-17-10-6-7-12(17)5-2/h12,16H,4-11H2,1-3H3,(H2,15,18). The first-order valence-corrected chi connectivity index (χ1v) is 7.32. The lowest BCUT2D eigenvalue weighted by molar-refractivity contribution is -0.124. The molecule has 1 aliphatic rings. The Morgan fingerprint density at radius 1 is 1.50 bits per heavy atom. The van der Waals surface area contributed by atoms with Crippen molar-refractivity contribution in [3.8, 4) is 0 Å². The Morgan fingerprint density at radius 2 is 2.22 bits per heavy atom. The maximum absolute atomic E-state index is 11.6. The molecule has 4 nitrogen and oxygen atoms in total. The van der Waals surface area contributed by atoms with Crippen molar-refractivity contribution in [2.75, 3.05) is 19.6 Å². The molecule has 0 spiro atoms. The van der Waals surface area contributed by atoms with Crippen molar-refractivity contribution >= 4 is 5.91 Å². The fourth-order valence-electron chi connectivity index (χ4n) is 2.72. The Bertz CT molecular complexity index is 270. The predicted octanol–water partition coefficient (Wildman–Crippen LogP) is 1.49. The van der Waals surface area contributed by atoms with Crippen LogP contribution < -0.4 is 11.1 Å². The second-order valence-corrected chi connectivity index (χ2v) is 5.61. The van der Waals surface area contributed by atoms with Gasteiger partial charge in [-0.05, 0) is 52.1 Å². The minimum absolute atomic E-state index is 0.233. The third-order valence-electron chi connectivity index (χ3n) is 4.18. The third kappa shape index (κ3) is 3.95. The summed E-state index contributed by atoms with van der Waals surface area (Å²) in [5.74, 6) is -0.233. The Balaban J connectivity index is 2.48. The molecule has 1 amide bonds. The minimum atomic E-state index is -0.559. The Kier molecular flexibility index (Phi) is 6.09. The molecule has 3 N–H and O–H groups in total. The zero-order valence-corrected chi connectivity index (χ0v) is 12.2.